The Bertz CT molecular complexity index is 1120. The molecule has 1 heterocycles. The number of amides is 1. The summed E-state index contributed by atoms with van der Waals surface area (Å²) < 4.78 is 0. The maximum atomic E-state index is 12.5. The van der Waals surface area contributed by atoms with Gasteiger partial charge in [-0.2, -0.15) is 4.98 Å². The van der Waals surface area contributed by atoms with Gasteiger partial charge in [-0.05, 0) is 62.3 Å². The number of para-hydroxylation sites is 1. The molecule has 6 heteroatoms. The molecule has 1 aliphatic rings. The number of rotatable bonds is 7. The summed E-state index contributed by atoms with van der Waals surface area (Å²) >= 11 is 0. The van der Waals surface area contributed by atoms with E-state index >= 15 is 0 Å². The smallest absolute Gasteiger partial charge is 0.246 e. The third-order valence-electron chi connectivity index (χ3n) is 6.28. The zero-order valence-electron chi connectivity index (χ0n) is 19.7. The fraction of sp³-hybridized carbons (Fsp3) is 0.370. The van der Waals surface area contributed by atoms with Gasteiger partial charge >= 0.3 is 0 Å². The number of anilines is 2. The molecule has 1 fully saturated rings. The highest BCUT2D eigenvalue weighted by atomic mass is 16.1. The maximum absolute atomic E-state index is 12.5. The molecular formula is C27H33N5O. The Labute approximate surface area is 196 Å². The Hall–Kier alpha value is -3.41. The average molecular weight is 444 g/mol. The van der Waals surface area contributed by atoms with E-state index in [2.05, 4.69) is 16.7 Å². The van der Waals surface area contributed by atoms with Gasteiger partial charge in [-0.3, -0.25) is 4.79 Å². The lowest BCUT2D eigenvalue weighted by atomic mass is 9.86. The molecule has 1 amide bonds. The molecule has 0 aliphatic heterocycles. The summed E-state index contributed by atoms with van der Waals surface area (Å²) in [5.74, 6) is 2.14. The fourth-order valence-electron chi connectivity index (χ4n) is 4.40. The topological polar surface area (TPSA) is 70.2 Å². The van der Waals surface area contributed by atoms with E-state index in [0.29, 0.717) is 17.9 Å². The van der Waals surface area contributed by atoms with Crippen LogP contribution in [0.2, 0.25) is 0 Å². The van der Waals surface area contributed by atoms with Crippen molar-refractivity contribution in [3.8, 4) is 0 Å². The van der Waals surface area contributed by atoms with Crippen LogP contribution in [0.4, 0.5) is 11.8 Å². The minimum atomic E-state index is 0.0138. The van der Waals surface area contributed by atoms with E-state index in [0.717, 1.165) is 60.1 Å². The van der Waals surface area contributed by atoms with Crippen LogP contribution in [-0.2, 0) is 4.79 Å². The second-order valence-corrected chi connectivity index (χ2v) is 9.09. The molecule has 1 aliphatic carbocycles. The summed E-state index contributed by atoms with van der Waals surface area (Å²) in [7, 11) is 4.02. The van der Waals surface area contributed by atoms with Crippen molar-refractivity contribution < 1.29 is 4.79 Å². The first-order valence-corrected chi connectivity index (χ1v) is 11.7. The highest BCUT2D eigenvalue weighted by Crippen LogP contribution is 2.28. The predicted molar refractivity (Wildman–Crippen MR) is 136 cm³/mol. The van der Waals surface area contributed by atoms with Gasteiger partial charge in [0, 0.05) is 37.6 Å². The van der Waals surface area contributed by atoms with Crippen LogP contribution in [0.3, 0.4) is 0 Å². The Balaban J connectivity index is 1.29. The van der Waals surface area contributed by atoms with E-state index in [1.807, 2.05) is 80.5 Å². The monoisotopic (exact) mass is 443 g/mol. The van der Waals surface area contributed by atoms with Crippen LogP contribution in [0.1, 0.15) is 38.2 Å². The van der Waals surface area contributed by atoms with Gasteiger partial charge in [-0.25, -0.2) is 4.98 Å². The van der Waals surface area contributed by atoms with E-state index in [1.165, 1.54) is 0 Å². The third kappa shape index (κ3) is 5.89. The van der Waals surface area contributed by atoms with Gasteiger partial charge in [0.25, 0.3) is 0 Å². The van der Waals surface area contributed by atoms with Gasteiger partial charge in [0.15, 0.2) is 0 Å². The van der Waals surface area contributed by atoms with Gasteiger partial charge in [0.1, 0.15) is 5.82 Å². The lowest BCUT2D eigenvalue weighted by Gasteiger charge is -2.29. The molecule has 4 rings (SSSR count). The fourth-order valence-corrected chi connectivity index (χ4v) is 4.40. The van der Waals surface area contributed by atoms with Gasteiger partial charge in [-0.1, -0.05) is 42.5 Å². The first-order valence-electron chi connectivity index (χ1n) is 11.7. The summed E-state index contributed by atoms with van der Waals surface area (Å²) in [5, 5.41) is 7.73. The minimum absolute atomic E-state index is 0.0138. The molecule has 0 saturated heterocycles. The van der Waals surface area contributed by atoms with E-state index in [9.17, 15) is 4.79 Å². The Morgan fingerprint density at radius 3 is 2.42 bits per heavy atom. The number of nitrogens with one attached hydrogen (secondary N) is 2. The van der Waals surface area contributed by atoms with E-state index in [4.69, 9.17) is 9.97 Å². The van der Waals surface area contributed by atoms with Crippen molar-refractivity contribution in [3.63, 3.8) is 0 Å². The second kappa shape index (κ2) is 10.5. The van der Waals surface area contributed by atoms with Crippen molar-refractivity contribution in [2.75, 3.05) is 30.9 Å². The zero-order chi connectivity index (χ0) is 23.2. The first kappa shape index (κ1) is 22.8. The van der Waals surface area contributed by atoms with Crippen molar-refractivity contribution in [3.05, 3.63) is 65.7 Å². The Morgan fingerprint density at radius 2 is 1.70 bits per heavy atom. The number of carbonyl (C=O) groups is 1. The molecule has 0 unspecified atom stereocenters. The molecule has 2 aromatic carbocycles. The van der Waals surface area contributed by atoms with Crippen molar-refractivity contribution in [1.82, 2.24) is 15.3 Å². The van der Waals surface area contributed by atoms with Crippen LogP contribution < -0.4 is 15.5 Å². The number of fused-ring (bicyclic) bond motifs is 1. The minimum Gasteiger partial charge on any atom is -0.362 e. The lowest BCUT2D eigenvalue weighted by molar-refractivity contribution is -0.117. The van der Waals surface area contributed by atoms with Crippen molar-refractivity contribution in [2.45, 2.75) is 38.6 Å². The molecule has 0 bridgehead atoms. The molecule has 0 atom stereocenters. The van der Waals surface area contributed by atoms with E-state index in [-0.39, 0.29) is 5.91 Å². The molecule has 2 N–H and O–H groups in total. The number of nitrogens with zero attached hydrogens (tertiary/aromatic N) is 3. The standard InChI is InChI=1S/C27H33N5O/c1-19(17-20-9-5-4-6-10-20)26(33)28-18-21-13-15-22(16-14-21)29-27-30-24-12-8-7-11-23(24)25(31-27)32(2)3/h4-12,17,21-22H,13-16,18H2,1-3H3,(H,28,33)(H,29,30,31)/b19-17+/t21-,22+. The van der Waals surface area contributed by atoms with Crippen molar-refractivity contribution in [2.24, 2.45) is 5.92 Å². The molecule has 0 radical (unpaired) electrons. The summed E-state index contributed by atoms with van der Waals surface area (Å²) in [6.07, 6.45) is 6.18. The third-order valence-corrected chi connectivity index (χ3v) is 6.28. The van der Waals surface area contributed by atoms with Gasteiger partial charge in [-0.15, -0.1) is 0 Å². The van der Waals surface area contributed by atoms with Gasteiger partial charge in [0.2, 0.25) is 11.9 Å². The molecular weight excluding hydrogens is 410 g/mol. The van der Waals surface area contributed by atoms with Crippen LogP contribution in [0.5, 0.6) is 0 Å². The second-order valence-electron chi connectivity index (χ2n) is 9.09. The van der Waals surface area contributed by atoms with Crippen LogP contribution >= 0.6 is 0 Å². The number of hydrogen-bond donors (Lipinski definition) is 2. The van der Waals surface area contributed by atoms with Crippen LogP contribution in [0, 0.1) is 5.92 Å². The summed E-state index contributed by atoms with van der Waals surface area (Å²) in [4.78, 5) is 24.0. The average Bonchev–Trinajstić information content (AvgIpc) is 2.83. The highest BCUT2D eigenvalue weighted by Gasteiger charge is 2.23. The molecule has 3 aromatic rings. The number of benzene rings is 2. The summed E-state index contributed by atoms with van der Waals surface area (Å²) in [6, 6.07) is 18.4. The van der Waals surface area contributed by atoms with Crippen molar-refractivity contribution in [1.29, 1.82) is 0 Å². The van der Waals surface area contributed by atoms with Gasteiger partial charge in [0.05, 0.1) is 5.52 Å². The SMILES string of the molecule is C/C(=C\c1ccccc1)C(=O)NC[C@H]1CC[C@@H](Nc2nc(N(C)C)c3ccccc3n2)CC1. The van der Waals surface area contributed by atoms with E-state index in [1.54, 1.807) is 0 Å². The molecule has 1 saturated carbocycles. The molecule has 33 heavy (non-hydrogen) atoms. The number of hydrogen-bond acceptors (Lipinski definition) is 5. The predicted octanol–water partition coefficient (Wildman–Crippen LogP) is 4.89. The Morgan fingerprint density at radius 1 is 1.00 bits per heavy atom. The summed E-state index contributed by atoms with van der Waals surface area (Å²) in [5.41, 5.74) is 2.74. The molecule has 0 spiro atoms. The lowest BCUT2D eigenvalue weighted by Crippen LogP contribution is -2.34. The molecule has 172 valence electrons. The number of aromatic nitrogens is 2. The number of carbonyl (C=O) groups excluding carboxylic acids is 1. The molecule has 1 aromatic heterocycles. The first-order chi connectivity index (χ1) is 16.0. The maximum Gasteiger partial charge on any atom is 0.246 e. The van der Waals surface area contributed by atoms with Crippen molar-refractivity contribution >= 4 is 34.7 Å². The summed E-state index contributed by atoms with van der Waals surface area (Å²) in [6.45, 7) is 2.59. The van der Waals surface area contributed by atoms with Crippen LogP contribution in [-0.4, -0.2) is 42.6 Å². The Kier molecular flexibility index (Phi) is 7.23. The highest BCUT2D eigenvalue weighted by molar-refractivity contribution is 5.97. The van der Waals surface area contributed by atoms with E-state index < -0.39 is 0 Å². The normalized spacial score (nSPS) is 18.7. The van der Waals surface area contributed by atoms with Crippen LogP contribution in [0.15, 0.2) is 60.2 Å². The quantitative estimate of drug-likeness (QED) is 0.509. The molecule has 6 nitrogen and oxygen atoms in total. The van der Waals surface area contributed by atoms with Gasteiger partial charge < -0.3 is 15.5 Å². The largest absolute Gasteiger partial charge is 0.362 e. The van der Waals surface area contributed by atoms with Crippen LogP contribution in [0.25, 0.3) is 17.0 Å². The zero-order valence-corrected chi connectivity index (χ0v) is 19.7.